The van der Waals surface area contributed by atoms with E-state index in [9.17, 15) is 9.59 Å². The number of likely N-dealkylation sites (tertiary alicyclic amines) is 1. The van der Waals surface area contributed by atoms with Gasteiger partial charge in [-0.2, -0.15) is 0 Å². The Balaban J connectivity index is 1.87. The Morgan fingerprint density at radius 2 is 2.04 bits per heavy atom. The molecule has 27 heavy (non-hydrogen) atoms. The third kappa shape index (κ3) is 2.73. The third-order valence-corrected chi connectivity index (χ3v) is 4.74. The molecule has 2 N–H and O–H groups in total. The van der Waals surface area contributed by atoms with Gasteiger partial charge in [-0.05, 0) is 31.4 Å². The number of hydrogen-bond donors (Lipinski definition) is 1. The van der Waals surface area contributed by atoms with Crippen molar-refractivity contribution in [3.63, 3.8) is 0 Å². The Morgan fingerprint density at radius 3 is 2.78 bits per heavy atom. The van der Waals surface area contributed by atoms with Crippen molar-refractivity contribution in [1.82, 2.24) is 24.0 Å². The molecule has 1 atom stereocenters. The van der Waals surface area contributed by atoms with Gasteiger partial charge in [0.25, 0.3) is 5.91 Å². The fraction of sp³-hybridized carbons (Fsp3) is 0.263. The van der Waals surface area contributed by atoms with Gasteiger partial charge in [-0.15, -0.1) is 0 Å². The molecular weight excluding hydrogens is 344 g/mol. The van der Waals surface area contributed by atoms with Crippen LogP contribution >= 0.6 is 0 Å². The number of anilines is 1. The maximum absolute atomic E-state index is 13.3. The summed E-state index contributed by atoms with van der Waals surface area (Å²) < 4.78 is 3.15. The summed E-state index contributed by atoms with van der Waals surface area (Å²) in [6.45, 7) is 2.58. The van der Waals surface area contributed by atoms with E-state index in [0.717, 1.165) is 0 Å². The van der Waals surface area contributed by atoms with Crippen LogP contribution in [0.25, 0.3) is 16.9 Å². The van der Waals surface area contributed by atoms with Gasteiger partial charge < -0.3 is 10.6 Å². The van der Waals surface area contributed by atoms with Crippen molar-refractivity contribution in [2.45, 2.75) is 19.4 Å². The summed E-state index contributed by atoms with van der Waals surface area (Å²) in [4.78, 5) is 35.4. The molecule has 1 aromatic carbocycles. The van der Waals surface area contributed by atoms with Crippen LogP contribution in [0.3, 0.4) is 0 Å². The van der Waals surface area contributed by atoms with Gasteiger partial charge in [-0.25, -0.2) is 14.8 Å². The van der Waals surface area contributed by atoms with Crippen molar-refractivity contribution >= 4 is 22.9 Å². The molecule has 3 aromatic rings. The highest BCUT2D eigenvalue weighted by Crippen LogP contribution is 2.27. The van der Waals surface area contributed by atoms with Gasteiger partial charge in [-0.3, -0.25) is 13.9 Å². The number of imidazole rings is 1. The normalized spacial score (nSPS) is 16.3. The number of nitrogen functional groups attached to an aromatic ring is 1. The lowest BCUT2D eigenvalue weighted by atomic mass is 10.2. The fourth-order valence-electron chi connectivity index (χ4n) is 3.54. The van der Waals surface area contributed by atoms with Crippen molar-refractivity contribution < 1.29 is 4.79 Å². The number of para-hydroxylation sites is 1. The lowest BCUT2D eigenvalue weighted by Gasteiger charge is -2.14. The minimum absolute atomic E-state index is 0.193. The van der Waals surface area contributed by atoms with E-state index in [0.29, 0.717) is 36.4 Å². The zero-order valence-corrected chi connectivity index (χ0v) is 14.8. The van der Waals surface area contributed by atoms with Crippen molar-refractivity contribution in [3.8, 4) is 17.5 Å². The molecule has 0 radical (unpaired) electrons. The predicted octanol–water partition coefficient (Wildman–Crippen LogP) is 0.961. The molecule has 3 heterocycles. The monoisotopic (exact) mass is 362 g/mol. The summed E-state index contributed by atoms with van der Waals surface area (Å²) >= 11 is 0. The molecule has 0 saturated carbocycles. The van der Waals surface area contributed by atoms with Crippen molar-refractivity contribution in [3.05, 3.63) is 47.1 Å². The van der Waals surface area contributed by atoms with Crippen LogP contribution in [0.5, 0.6) is 0 Å². The van der Waals surface area contributed by atoms with Gasteiger partial charge in [0.05, 0.1) is 11.7 Å². The lowest BCUT2D eigenvalue weighted by molar-refractivity contribution is -0.124. The largest absolute Gasteiger partial charge is 0.382 e. The molecule has 4 rings (SSSR count). The molecule has 8 nitrogen and oxygen atoms in total. The Morgan fingerprint density at radius 1 is 1.26 bits per heavy atom. The summed E-state index contributed by atoms with van der Waals surface area (Å²) in [6, 6.07) is 9.05. The summed E-state index contributed by atoms with van der Waals surface area (Å²) in [6.07, 6.45) is 2.00. The minimum atomic E-state index is -0.246. The minimum Gasteiger partial charge on any atom is -0.382 e. The lowest BCUT2D eigenvalue weighted by Crippen LogP contribution is -2.31. The second-order valence-electron chi connectivity index (χ2n) is 6.32. The Bertz CT molecular complexity index is 1140. The number of amides is 1. The van der Waals surface area contributed by atoms with E-state index in [-0.39, 0.29) is 23.5 Å². The second-order valence-corrected chi connectivity index (χ2v) is 6.32. The zero-order valence-electron chi connectivity index (χ0n) is 14.8. The third-order valence-electron chi connectivity index (χ3n) is 4.74. The van der Waals surface area contributed by atoms with Crippen molar-refractivity contribution in [2.75, 3.05) is 18.8 Å². The first-order chi connectivity index (χ1) is 13.1. The molecule has 0 aliphatic carbocycles. The molecule has 0 spiro atoms. The summed E-state index contributed by atoms with van der Waals surface area (Å²) in [5.74, 6) is 5.18. The SMILES string of the molecule is CC#CC(=O)N1CCC(n2c(=O)n(-c3ccccc3)c3c(N)ncnc32)C1. The van der Waals surface area contributed by atoms with E-state index >= 15 is 0 Å². The van der Waals surface area contributed by atoms with Gasteiger partial charge in [0, 0.05) is 13.1 Å². The van der Waals surface area contributed by atoms with Crippen LogP contribution in [0.15, 0.2) is 41.5 Å². The van der Waals surface area contributed by atoms with Gasteiger partial charge in [0.1, 0.15) is 11.8 Å². The highest BCUT2D eigenvalue weighted by atomic mass is 16.2. The Labute approximate surface area is 155 Å². The van der Waals surface area contributed by atoms with E-state index in [2.05, 4.69) is 21.8 Å². The van der Waals surface area contributed by atoms with Gasteiger partial charge in [0.2, 0.25) is 0 Å². The van der Waals surface area contributed by atoms with Crippen LogP contribution in [-0.4, -0.2) is 43.0 Å². The predicted molar refractivity (Wildman–Crippen MR) is 101 cm³/mol. The molecule has 136 valence electrons. The number of benzene rings is 1. The number of hydrogen-bond acceptors (Lipinski definition) is 5. The smallest absolute Gasteiger partial charge is 0.335 e. The summed E-state index contributed by atoms with van der Waals surface area (Å²) in [7, 11) is 0. The van der Waals surface area contributed by atoms with E-state index in [1.54, 1.807) is 16.4 Å². The zero-order chi connectivity index (χ0) is 19.0. The molecule has 8 heteroatoms. The van der Waals surface area contributed by atoms with Crippen molar-refractivity contribution in [2.24, 2.45) is 0 Å². The maximum Gasteiger partial charge on any atom is 0.335 e. The van der Waals surface area contributed by atoms with Crippen LogP contribution < -0.4 is 11.4 Å². The van der Waals surface area contributed by atoms with E-state index < -0.39 is 0 Å². The standard InChI is InChI=1S/C19H18N6O2/c1-2-6-15(26)23-10-9-14(11-23)25-18-16(17(20)21-12-22-18)24(19(25)27)13-7-4-3-5-8-13/h3-5,7-8,12,14H,9-11H2,1H3,(H2,20,21,22). The summed E-state index contributed by atoms with van der Waals surface area (Å²) in [5, 5.41) is 0. The molecule has 1 amide bonds. The molecule has 1 aliphatic heterocycles. The van der Waals surface area contributed by atoms with Crippen LogP contribution in [0.4, 0.5) is 5.82 Å². The maximum atomic E-state index is 13.3. The number of fused-ring (bicyclic) bond motifs is 1. The first-order valence-electron chi connectivity index (χ1n) is 8.62. The average Bonchev–Trinajstić information content (AvgIpc) is 3.25. The highest BCUT2D eigenvalue weighted by molar-refractivity contribution is 5.93. The number of aromatic nitrogens is 4. The van der Waals surface area contributed by atoms with E-state index in [1.165, 1.54) is 10.9 Å². The topological polar surface area (TPSA) is 99.0 Å². The number of rotatable bonds is 2. The van der Waals surface area contributed by atoms with E-state index in [4.69, 9.17) is 5.73 Å². The molecule has 0 bridgehead atoms. The molecule has 1 saturated heterocycles. The quantitative estimate of drug-likeness (QED) is 0.685. The fourth-order valence-corrected chi connectivity index (χ4v) is 3.54. The van der Waals surface area contributed by atoms with Gasteiger partial charge in [0.15, 0.2) is 11.5 Å². The van der Waals surface area contributed by atoms with Crippen LogP contribution in [-0.2, 0) is 4.79 Å². The van der Waals surface area contributed by atoms with Crippen LogP contribution in [0, 0.1) is 11.8 Å². The number of carbonyl (C=O) groups excluding carboxylic acids is 1. The number of carbonyl (C=O) groups is 1. The van der Waals surface area contributed by atoms with Crippen molar-refractivity contribution in [1.29, 1.82) is 0 Å². The van der Waals surface area contributed by atoms with Crippen LogP contribution in [0.2, 0.25) is 0 Å². The first kappa shape index (κ1) is 16.8. The number of nitrogens with zero attached hydrogens (tertiary/aromatic N) is 5. The van der Waals surface area contributed by atoms with Gasteiger partial charge >= 0.3 is 5.69 Å². The molecule has 1 aliphatic rings. The second kappa shape index (κ2) is 6.61. The average molecular weight is 362 g/mol. The van der Waals surface area contributed by atoms with E-state index in [1.807, 2.05) is 30.3 Å². The number of nitrogens with two attached hydrogens (primary N) is 1. The first-order valence-corrected chi connectivity index (χ1v) is 8.62. The summed E-state index contributed by atoms with van der Waals surface area (Å²) in [5.41, 5.74) is 7.48. The van der Waals surface area contributed by atoms with Gasteiger partial charge in [-0.1, -0.05) is 24.1 Å². The molecule has 1 unspecified atom stereocenters. The Hall–Kier alpha value is -3.60. The highest BCUT2D eigenvalue weighted by Gasteiger charge is 2.31. The molecule has 1 fully saturated rings. The Kier molecular flexibility index (Phi) is 4.12. The molecular formula is C19H18N6O2. The van der Waals surface area contributed by atoms with Crippen LogP contribution in [0.1, 0.15) is 19.4 Å². The molecule has 2 aromatic heterocycles.